The average molecular weight is 446 g/mol. The first-order valence-corrected chi connectivity index (χ1v) is 12.3. The zero-order valence-corrected chi connectivity index (χ0v) is 19.5. The molecule has 0 fully saturated rings. The maximum Gasteiger partial charge on any atom is 0.224 e. The zero-order chi connectivity index (χ0) is 23.0. The van der Waals surface area contributed by atoms with Crippen LogP contribution in [0, 0.1) is 5.92 Å². The lowest BCUT2D eigenvalue weighted by molar-refractivity contribution is -0.126. The first-order valence-electron chi connectivity index (χ1n) is 12.3. The predicted octanol–water partition coefficient (Wildman–Crippen LogP) is 5.47. The molecule has 4 heteroatoms. The van der Waals surface area contributed by atoms with Crippen LogP contribution in [0.15, 0.2) is 72.3 Å². The number of aryl methyl sites for hydroxylation is 1. The van der Waals surface area contributed by atoms with Crippen molar-refractivity contribution >= 4 is 5.91 Å². The lowest BCUT2D eigenvalue weighted by atomic mass is 9.87. The molecule has 2 aliphatic rings. The monoisotopic (exact) mass is 445 g/mol. The van der Waals surface area contributed by atoms with E-state index in [1.54, 1.807) is 0 Å². The Kier molecular flexibility index (Phi) is 8.01. The molecule has 2 aromatic rings. The van der Waals surface area contributed by atoms with Gasteiger partial charge < -0.3 is 15.2 Å². The fourth-order valence-corrected chi connectivity index (χ4v) is 5.05. The molecule has 0 bridgehead atoms. The zero-order valence-electron chi connectivity index (χ0n) is 19.5. The van der Waals surface area contributed by atoms with E-state index < -0.39 is 6.10 Å². The molecule has 2 aromatic carbocycles. The maximum atomic E-state index is 13.4. The van der Waals surface area contributed by atoms with E-state index in [4.69, 9.17) is 4.74 Å². The van der Waals surface area contributed by atoms with Crippen LogP contribution in [0.2, 0.25) is 0 Å². The minimum absolute atomic E-state index is 0.0456. The molecular weight excluding hydrogens is 410 g/mol. The number of carbonyl (C=O) groups is 1. The number of aliphatic hydroxyl groups is 1. The average Bonchev–Trinajstić information content (AvgIpc) is 3.23. The van der Waals surface area contributed by atoms with Crippen LogP contribution >= 0.6 is 0 Å². The van der Waals surface area contributed by atoms with Gasteiger partial charge in [-0.05, 0) is 68.2 Å². The van der Waals surface area contributed by atoms with E-state index >= 15 is 0 Å². The van der Waals surface area contributed by atoms with Crippen LogP contribution in [0.3, 0.4) is 0 Å². The fraction of sp³-hybridized carbons (Fsp3) is 0.414. The van der Waals surface area contributed by atoms with Crippen molar-refractivity contribution in [1.29, 1.82) is 0 Å². The summed E-state index contributed by atoms with van der Waals surface area (Å²) in [7, 11) is 0. The maximum absolute atomic E-state index is 13.4. The molecular formula is C29H35NO3. The number of hydrogen-bond acceptors (Lipinski definition) is 3. The van der Waals surface area contributed by atoms with Gasteiger partial charge in [-0.2, -0.15) is 0 Å². The molecule has 4 rings (SSSR count). The Hall–Kier alpha value is -2.85. The number of allylic oxidation sites excluding steroid dienone is 4. The van der Waals surface area contributed by atoms with Crippen molar-refractivity contribution in [2.45, 2.75) is 64.0 Å². The molecule has 174 valence electrons. The summed E-state index contributed by atoms with van der Waals surface area (Å²) < 4.78 is 5.73. The third-order valence-electron chi connectivity index (χ3n) is 6.71. The lowest BCUT2D eigenvalue weighted by Gasteiger charge is -2.24. The van der Waals surface area contributed by atoms with Gasteiger partial charge in [0.15, 0.2) is 0 Å². The number of aliphatic hydroxyl groups excluding tert-OH is 1. The van der Waals surface area contributed by atoms with E-state index in [0.717, 1.165) is 37.0 Å². The summed E-state index contributed by atoms with van der Waals surface area (Å²) in [4.78, 5) is 13.4. The van der Waals surface area contributed by atoms with Gasteiger partial charge in [-0.15, -0.1) is 0 Å². The number of nitrogens with one attached hydrogen (secondary N) is 1. The Balaban J connectivity index is 1.46. The van der Waals surface area contributed by atoms with Gasteiger partial charge >= 0.3 is 0 Å². The Morgan fingerprint density at radius 1 is 1.12 bits per heavy atom. The molecule has 3 unspecified atom stereocenters. The summed E-state index contributed by atoms with van der Waals surface area (Å²) in [5.41, 5.74) is 4.82. The predicted molar refractivity (Wildman–Crippen MR) is 132 cm³/mol. The van der Waals surface area contributed by atoms with Crippen molar-refractivity contribution in [3.8, 4) is 5.75 Å². The van der Waals surface area contributed by atoms with E-state index in [9.17, 15) is 9.90 Å². The highest BCUT2D eigenvalue weighted by molar-refractivity contribution is 5.79. The van der Waals surface area contributed by atoms with Gasteiger partial charge in [0.25, 0.3) is 0 Å². The molecule has 4 nitrogen and oxygen atoms in total. The molecule has 0 saturated heterocycles. The molecule has 0 spiro atoms. The third-order valence-corrected chi connectivity index (χ3v) is 6.71. The largest absolute Gasteiger partial charge is 0.494 e. The van der Waals surface area contributed by atoms with Gasteiger partial charge in [0, 0.05) is 12.3 Å². The Morgan fingerprint density at radius 2 is 1.94 bits per heavy atom. The number of para-hydroxylation sites is 1. The van der Waals surface area contributed by atoms with Crippen molar-refractivity contribution in [1.82, 2.24) is 5.32 Å². The molecule has 0 radical (unpaired) electrons. The van der Waals surface area contributed by atoms with Crippen LogP contribution in [0.5, 0.6) is 5.75 Å². The first-order chi connectivity index (χ1) is 16.1. The molecule has 3 atom stereocenters. The summed E-state index contributed by atoms with van der Waals surface area (Å²) in [6.07, 6.45) is 11.3. The molecule has 2 N–H and O–H groups in total. The van der Waals surface area contributed by atoms with Gasteiger partial charge in [-0.1, -0.05) is 66.3 Å². The summed E-state index contributed by atoms with van der Waals surface area (Å²) >= 11 is 0. The van der Waals surface area contributed by atoms with Crippen molar-refractivity contribution in [3.05, 3.63) is 89.0 Å². The van der Waals surface area contributed by atoms with E-state index in [2.05, 4.69) is 41.7 Å². The number of ether oxygens (including phenoxy) is 1. The van der Waals surface area contributed by atoms with Crippen LogP contribution in [0.1, 0.15) is 61.8 Å². The normalized spacial score (nSPS) is 18.8. The van der Waals surface area contributed by atoms with Crippen molar-refractivity contribution in [2.24, 2.45) is 5.92 Å². The molecule has 0 saturated carbocycles. The van der Waals surface area contributed by atoms with E-state index in [0.29, 0.717) is 25.9 Å². The van der Waals surface area contributed by atoms with E-state index in [-0.39, 0.29) is 17.9 Å². The number of carbonyl (C=O) groups excluding carboxylic acids is 1. The van der Waals surface area contributed by atoms with Crippen LogP contribution < -0.4 is 10.1 Å². The highest BCUT2D eigenvalue weighted by atomic mass is 16.5. The molecule has 1 amide bonds. The quantitative estimate of drug-likeness (QED) is 0.510. The minimum Gasteiger partial charge on any atom is -0.494 e. The highest BCUT2D eigenvalue weighted by Gasteiger charge is 2.29. The van der Waals surface area contributed by atoms with Crippen LogP contribution in [-0.4, -0.2) is 23.7 Å². The number of rotatable bonds is 10. The van der Waals surface area contributed by atoms with Gasteiger partial charge in [-0.25, -0.2) is 0 Å². The number of hydrogen-bond donors (Lipinski definition) is 2. The van der Waals surface area contributed by atoms with Gasteiger partial charge in [0.1, 0.15) is 5.75 Å². The van der Waals surface area contributed by atoms with E-state index in [1.807, 2.05) is 37.3 Å². The Bertz CT molecular complexity index is 1010. The van der Waals surface area contributed by atoms with Crippen LogP contribution in [-0.2, 0) is 17.6 Å². The lowest BCUT2D eigenvalue weighted by Crippen LogP contribution is -2.35. The second-order valence-corrected chi connectivity index (χ2v) is 9.13. The molecule has 0 aliphatic heterocycles. The highest BCUT2D eigenvalue weighted by Crippen LogP contribution is 2.32. The second kappa shape index (κ2) is 11.3. The SMILES string of the molecule is CCOc1ccccc1CC(O)CC(CC1=CC=CCC1)C(=O)NC1CCc2ccccc21. The molecule has 2 aliphatic carbocycles. The third kappa shape index (κ3) is 6.14. The molecule has 0 aromatic heterocycles. The number of fused-ring (bicyclic) bond motifs is 1. The summed E-state index contributed by atoms with van der Waals surface area (Å²) in [6, 6.07) is 16.3. The molecule has 0 heterocycles. The molecule has 33 heavy (non-hydrogen) atoms. The van der Waals surface area contributed by atoms with Crippen molar-refractivity contribution in [2.75, 3.05) is 6.61 Å². The summed E-state index contributed by atoms with van der Waals surface area (Å²) in [5, 5.41) is 14.3. The van der Waals surface area contributed by atoms with Gasteiger partial charge in [-0.3, -0.25) is 4.79 Å². The summed E-state index contributed by atoms with van der Waals surface area (Å²) in [5.74, 6) is 0.594. The fourth-order valence-electron chi connectivity index (χ4n) is 5.05. The van der Waals surface area contributed by atoms with Gasteiger partial charge in [0.2, 0.25) is 5.91 Å². The topological polar surface area (TPSA) is 58.6 Å². The summed E-state index contributed by atoms with van der Waals surface area (Å²) in [6.45, 7) is 2.55. The van der Waals surface area contributed by atoms with Crippen LogP contribution in [0.4, 0.5) is 0 Å². The van der Waals surface area contributed by atoms with Crippen molar-refractivity contribution in [3.63, 3.8) is 0 Å². The smallest absolute Gasteiger partial charge is 0.224 e. The second-order valence-electron chi connectivity index (χ2n) is 9.13. The van der Waals surface area contributed by atoms with Gasteiger partial charge in [0.05, 0.1) is 18.8 Å². The van der Waals surface area contributed by atoms with Crippen LogP contribution in [0.25, 0.3) is 0 Å². The minimum atomic E-state index is -0.613. The number of benzene rings is 2. The standard InChI is InChI=1S/C29H35NO3/c1-2-33-28-15-9-7-13-23(28)19-25(31)20-24(18-21-10-4-3-5-11-21)29(32)30-27-17-16-22-12-6-8-14-26(22)27/h3-4,6-10,12-15,24-25,27,31H,2,5,11,16-20H2,1H3,(H,30,32). The van der Waals surface area contributed by atoms with E-state index in [1.165, 1.54) is 16.7 Å². The Labute approximate surface area is 197 Å². The first kappa shape index (κ1) is 23.3. The Morgan fingerprint density at radius 3 is 2.76 bits per heavy atom. The van der Waals surface area contributed by atoms with Crippen molar-refractivity contribution < 1.29 is 14.6 Å². The number of amides is 1.